The third kappa shape index (κ3) is 3.57. The van der Waals surface area contributed by atoms with Gasteiger partial charge >= 0.3 is 5.97 Å². The van der Waals surface area contributed by atoms with Crippen molar-refractivity contribution in [3.63, 3.8) is 0 Å². The van der Waals surface area contributed by atoms with Crippen molar-refractivity contribution in [3.05, 3.63) is 35.4 Å². The van der Waals surface area contributed by atoms with Gasteiger partial charge < -0.3 is 10.4 Å². The number of benzene rings is 1. The standard InChI is InChI=1S/C16H23NO2/c1-16(2,3)13-6-4-5-11(8-13)7-12-9-14(15(18)19)17-10-12/h4-6,8,12,14,17H,7,9-10H2,1-3H3,(H,18,19)/t12?,14-/m0/s1. The molecule has 2 rings (SSSR count). The molecule has 0 aliphatic carbocycles. The minimum Gasteiger partial charge on any atom is -0.480 e. The van der Waals surface area contributed by atoms with Crippen molar-refractivity contribution < 1.29 is 9.90 Å². The fraction of sp³-hybridized carbons (Fsp3) is 0.562. The van der Waals surface area contributed by atoms with Gasteiger partial charge in [0.2, 0.25) is 0 Å². The zero-order valence-electron chi connectivity index (χ0n) is 11.9. The number of carboxylic acid groups (broad SMARTS) is 1. The van der Waals surface area contributed by atoms with Crippen molar-refractivity contribution in [2.75, 3.05) is 6.54 Å². The fourth-order valence-corrected chi connectivity index (χ4v) is 2.65. The molecule has 3 heteroatoms. The van der Waals surface area contributed by atoms with Gasteiger partial charge in [0.15, 0.2) is 0 Å². The van der Waals surface area contributed by atoms with Crippen LogP contribution in [0.2, 0.25) is 0 Å². The zero-order chi connectivity index (χ0) is 14.0. The summed E-state index contributed by atoms with van der Waals surface area (Å²) in [4.78, 5) is 10.9. The average Bonchev–Trinajstić information content (AvgIpc) is 2.77. The minimum atomic E-state index is -0.731. The number of aliphatic carboxylic acids is 1. The highest BCUT2D eigenvalue weighted by Gasteiger charge is 2.29. The van der Waals surface area contributed by atoms with Gasteiger partial charge in [-0.15, -0.1) is 0 Å². The summed E-state index contributed by atoms with van der Waals surface area (Å²) >= 11 is 0. The Bertz CT molecular complexity index is 462. The van der Waals surface area contributed by atoms with Gasteiger partial charge in [0.1, 0.15) is 6.04 Å². The van der Waals surface area contributed by atoms with Crippen molar-refractivity contribution in [1.29, 1.82) is 0 Å². The second-order valence-electron chi connectivity index (χ2n) is 6.56. The monoisotopic (exact) mass is 261 g/mol. The molecule has 0 aromatic heterocycles. The van der Waals surface area contributed by atoms with Crippen molar-refractivity contribution >= 4 is 5.97 Å². The Balaban J connectivity index is 2.03. The quantitative estimate of drug-likeness (QED) is 0.879. The molecule has 2 N–H and O–H groups in total. The van der Waals surface area contributed by atoms with Crippen LogP contribution in [0.5, 0.6) is 0 Å². The molecule has 1 saturated heterocycles. The van der Waals surface area contributed by atoms with Crippen LogP contribution in [0.25, 0.3) is 0 Å². The number of hydrogen-bond acceptors (Lipinski definition) is 2. The number of rotatable bonds is 3. The van der Waals surface area contributed by atoms with E-state index < -0.39 is 5.97 Å². The van der Waals surface area contributed by atoms with Crippen LogP contribution in [-0.4, -0.2) is 23.7 Å². The second-order valence-corrected chi connectivity index (χ2v) is 6.56. The van der Waals surface area contributed by atoms with Crippen LogP contribution < -0.4 is 5.32 Å². The first-order chi connectivity index (χ1) is 8.86. The molecule has 1 unspecified atom stereocenters. The lowest BCUT2D eigenvalue weighted by atomic mass is 9.85. The summed E-state index contributed by atoms with van der Waals surface area (Å²) in [6, 6.07) is 8.30. The highest BCUT2D eigenvalue weighted by Crippen LogP contribution is 2.25. The van der Waals surface area contributed by atoms with Crippen molar-refractivity contribution in [3.8, 4) is 0 Å². The van der Waals surface area contributed by atoms with E-state index in [0.717, 1.165) is 19.4 Å². The van der Waals surface area contributed by atoms with Crippen LogP contribution in [0.4, 0.5) is 0 Å². The van der Waals surface area contributed by atoms with Crippen LogP contribution in [0.1, 0.15) is 38.3 Å². The summed E-state index contributed by atoms with van der Waals surface area (Å²) in [5, 5.41) is 12.1. The van der Waals surface area contributed by atoms with Gasteiger partial charge in [0, 0.05) is 0 Å². The first kappa shape index (κ1) is 14.1. The lowest BCUT2D eigenvalue weighted by Gasteiger charge is -2.20. The lowest BCUT2D eigenvalue weighted by Crippen LogP contribution is -2.29. The Hall–Kier alpha value is -1.35. The summed E-state index contributed by atoms with van der Waals surface area (Å²) in [5.41, 5.74) is 2.81. The summed E-state index contributed by atoms with van der Waals surface area (Å²) in [6.45, 7) is 7.44. The maximum absolute atomic E-state index is 10.9. The van der Waals surface area contributed by atoms with Crippen LogP contribution in [-0.2, 0) is 16.6 Å². The Morgan fingerprint density at radius 3 is 2.74 bits per heavy atom. The lowest BCUT2D eigenvalue weighted by molar-refractivity contribution is -0.139. The number of carboxylic acids is 1. The van der Waals surface area contributed by atoms with Gasteiger partial charge in [-0.2, -0.15) is 0 Å². The van der Waals surface area contributed by atoms with Crippen LogP contribution in [0.15, 0.2) is 24.3 Å². The normalized spacial score (nSPS) is 23.5. The SMILES string of the molecule is CC(C)(C)c1cccc(CC2CN[C@H](C(=O)O)C2)c1. The minimum absolute atomic E-state index is 0.160. The van der Waals surface area contributed by atoms with Crippen LogP contribution in [0.3, 0.4) is 0 Å². The molecule has 1 aromatic rings. The van der Waals surface area contributed by atoms with Gasteiger partial charge in [0.25, 0.3) is 0 Å². The molecule has 1 aliphatic heterocycles. The van der Waals surface area contributed by atoms with Gasteiger partial charge in [-0.05, 0) is 41.8 Å². The van der Waals surface area contributed by atoms with E-state index in [1.807, 2.05) is 0 Å². The van der Waals surface area contributed by atoms with Crippen molar-refractivity contribution in [2.24, 2.45) is 5.92 Å². The maximum Gasteiger partial charge on any atom is 0.320 e. The molecule has 104 valence electrons. The molecule has 0 spiro atoms. The van der Waals surface area contributed by atoms with E-state index in [4.69, 9.17) is 5.11 Å². The predicted molar refractivity (Wildman–Crippen MR) is 76.4 cm³/mol. The first-order valence-corrected chi connectivity index (χ1v) is 6.92. The molecule has 3 nitrogen and oxygen atoms in total. The number of hydrogen-bond donors (Lipinski definition) is 2. The molecule has 1 aromatic carbocycles. The fourth-order valence-electron chi connectivity index (χ4n) is 2.65. The molecule has 1 fully saturated rings. The first-order valence-electron chi connectivity index (χ1n) is 6.92. The molecule has 2 atom stereocenters. The van der Waals surface area contributed by atoms with Crippen LogP contribution >= 0.6 is 0 Å². The maximum atomic E-state index is 10.9. The molecule has 0 bridgehead atoms. The summed E-state index contributed by atoms with van der Waals surface area (Å²) in [5.74, 6) is -0.303. The van der Waals surface area contributed by atoms with Crippen molar-refractivity contribution in [1.82, 2.24) is 5.32 Å². The number of carbonyl (C=O) groups is 1. The van der Waals surface area contributed by atoms with Gasteiger partial charge in [0.05, 0.1) is 0 Å². The molecule has 0 amide bonds. The largest absolute Gasteiger partial charge is 0.480 e. The Morgan fingerprint density at radius 2 is 2.16 bits per heavy atom. The molecule has 0 saturated carbocycles. The van der Waals surface area contributed by atoms with Crippen molar-refractivity contribution in [2.45, 2.75) is 45.1 Å². The van der Waals surface area contributed by atoms with E-state index in [9.17, 15) is 4.79 Å². The van der Waals surface area contributed by atoms with E-state index >= 15 is 0 Å². The smallest absolute Gasteiger partial charge is 0.320 e. The average molecular weight is 261 g/mol. The topological polar surface area (TPSA) is 49.3 Å². The summed E-state index contributed by atoms with van der Waals surface area (Å²) in [7, 11) is 0. The van der Waals surface area contributed by atoms with E-state index in [1.165, 1.54) is 11.1 Å². The van der Waals surface area contributed by atoms with Crippen LogP contribution in [0, 0.1) is 5.92 Å². The summed E-state index contributed by atoms with van der Waals surface area (Å²) < 4.78 is 0. The molecule has 0 radical (unpaired) electrons. The Labute approximate surface area is 115 Å². The van der Waals surface area contributed by atoms with Gasteiger partial charge in [-0.25, -0.2) is 0 Å². The Kier molecular flexibility index (Phi) is 3.95. The third-order valence-corrected chi connectivity index (χ3v) is 3.84. The van der Waals surface area contributed by atoms with E-state index in [0.29, 0.717) is 5.92 Å². The van der Waals surface area contributed by atoms with Gasteiger partial charge in [-0.3, -0.25) is 4.79 Å². The highest BCUT2D eigenvalue weighted by atomic mass is 16.4. The third-order valence-electron chi connectivity index (χ3n) is 3.84. The summed E-state index contributed by atoms with van der Waals surface area (Å²) in [6.07, 6.45) is 1.69. The van der Waals surface area contributed by atoms with E-state index in [-0.39, 0.29) is 11.5 Å². The molecular formula is C16H23NO2. The van der Waals surface area contributed by atoms with Gasteiger partial charge in [-0.1, -0.05) is 45.0 Å². The molecule has 1 aliphatic rings. The second kappa shape index (κ2) is 5.33. The number of nitrogens with one attached hydrogen (secondary N) is 1. The molecular weight excluding hydrogens is 238 g/mol. The highest BCUT2D eigenvalue weighted by molar-refractivity contribution is 5.73. The molecule has 19 heavy (non-hydrogen) atoms. The van der Waals surface area contributed by atoms with E-state index in [2.05, 4.69) is 50.4 Å². The Morgan fingerprint density at radius 1 is 1.42 bits per heavy atom. The zero-order valence-corrected chi connectivity index (χ0v) is 11.9. The molecule has 1 heterocycles. The van der Waals surface area contributed by atoms with E-state index in [1.54, 1.807) is 0 Å². The predicted octanol–water partition coefficient (Wildman–Crippen LogP) is 2.59.